The van der Waals surface area contributed by atoms with Crippen LogP contribution < -0.4 is 11.5 Å². The Morgan fingerprint density at radius 3 is 2.50 bits per heavy atom. The van der Waals surface area contributed by atoms with Gasteiger partial charge in [-0.2, -0.15) is 4.99 Å². The van der Waals surface area contributed by atoms with Crippen LogP contribution in [-0.4, -0.2) is 37.5 Å². The summed E-state index contributed by atoms with van der Waals surface area (Å²) < 4.78 is 0. The molecule has 1 aromatic carbocycles. The maximum absolute atomic E-state index is 5.67. The standard InChI is InChI=1S/C13H21N5/c1-10-6-4-5-7-11(10)8-9-16-12(14)17-13(15)18(2)3/h4-7H,8-9H2,1-3H3,(H4,14,15,16,17). The monoisotopic (exact) mass is 247 g/mol. The van der Waals surface area contributed by atoms with Gasteiger partial charge in [0.25, 0.3) is 0 Å². The number of rotatable bonds is 3. The van der Waals surface area contributed by atoms with E-state index >= 15 is 0 Å². The van der Waals surface area contributed by atoms with Crippen LogP contribution in [-0.2, 0) is 6.42 Å². The number of aliphatic imine (C=N–C) groups is 2. The molecule has 0 bridgehead atoms. The molecule has 0 saturated carbocycles. The number of aryl methyl sites for hydroxylation is 1. The Labute approximate surface area is 108 Å². The Hall–Kier alpha value is -2.04. The first-order valence-electron chi connectivity index (χ1n) is 5.86. The van der Waals surface area contributed by atoms with Crippen LogP contribution in [0.15, 0.2) is 34.3 Å². The van der Waals surface area contributed by atoms with Gasteiger partial charge in [-0.25, -0.2) is 0 Å². The van der Waals surface area contributed by atoms with E-state index in [4.69, 9.17) is 11.5 Å². The van der Waals surface area contributed by atoms with Gasteiger partial charge in [-0.05, 0) is 24.5 Å². The molecule has 0 radical (unpaired) electrons. The Balaban J connectivity index is 2.55. The number of hydrogen-bond donors (Lipinski definition) is 2. The van der Waals surface area contributed by atoms with Crippen LogP contribution in [0.4, 0.5) is 0 Å². The molecule has 0 saturated heterocycles. The first-order valence-corrected chi connectivity index (χ1v) is 5.86. The summed E-state index contributed by atoms with van der Waals surface area (Å²) in [4.78, 5) is 9.85. The van der Waals surface area contributed by atoms with Gasteiger partial charge in [0.05, 0.1) is 0 Å². The molecule has 5 heteroatoms. The molecule has 0 unspecified atom stereocenters. The highest BCUT2D eigenvalue weighted by atomic mass is 15.2. The minimum Gasteiger partial charge on any atom is -0.369 e. The Bertz CT molecular complexity index is 448. The van der Waals surface area contributed by atoms with Gasteiger partial charge in [-0.15, -0.1) is 0 Å². The van der Waals surface area contributed by atoms with Crippen LogP contribution in [0.5, 0.6) is 0 Å². The molecule has 4 N–H and O–H groups in total. The van der Waals surface area contributed by atoms with Crippen LogP contribution >= 0.6 is 0 Å². The third-order valence-corrected chi connectivity index (χ3v) is 2.60. The van der Waals surface area contributed by atoms with Crippen LogP contribution in [0.2, 0.25) is 0 Å². The van der Waals surface area contributed by atoms with Crippen molar-refractivity contribution >= 4 is 11.9 Å². The molecule has 0 aliphatic heterocycles. The Morgan fingerprint density at radius 1 is 1.22 bits per heavy atom. The molecule has 0 heterocycles. The summed E-state index contributed by atoms with van der Waals surface area (Å²) in [5.41, 5.74) is 13.9. The van der Waals surface area contributed by atoms with Crippen molar-refractivity contribution in [3.8, 4) is 0 Å². The van der Waals surface area contributed by atoms with Crippen LogP contribution in [0.25, 0.3) is 0 Å². The molecule has 0 aliphatic carbocycles. The van der Waals surface area contributed by atoms with Crippen LogP contribution in [0, 0.1) is 6.92 Å². The molecular formula is C13H21N5. The summed E-state index contributed by atoms with van der Waals surface area (Å²) >= 11 is 0. The fourth-order valence-electron chi connectivity index (χ4n) is 1.43. The molecule has 0 fully saturated rings. The Kier molecular flexibility index (Phi) is 5.17. The fraction of sp³-hybridized carbons (Fsp3) is 0.385. The van der Waals surface area contributed by atoms with Crippen molar-refractivity contribution in [3.05, 3.63) is 35.4 Å². The first kappa shape index (κ1) is 14.0. The largest absolute Gasteiger partial charge is 0.369 e. The maximum Gasteiger partial charge on any atom is 0.218 e. The summed E-state index contributed by atoms with van der Waals surface area (Å²) in [5, 5.41) is 0. The number of nitrogens with zero attached hydrogens (tertiary/aromatic N) is 3. The van der Waals surface area contributed by atoms with E-state index in [1.807, 2.05) is 12.1 Å². The quantitative estimate of drug-likeness (QED) is 0.610. The van der Waals surface area contributed by atoms with Crippen molar-refractivity contribution in [1.29, 1.82) is 0 Å². The van der Waals surface area contributed by atoms with Gasteiger partial charge in [0.2, 0.25) is 5.96 Å². The molecule has 18 heavy (non-hydrogen) atoms. The minimum atomic E-state index is 0.217. The van der Waals surface area contributed by atoms with E-state index in [0.29, 0.717) is 12.5 Å². The summed E-state index contributed by atoms with van der Waals surface area (Å²) in [5.74, 6) is 0.571. The van der Waals surface area contributed by atoms with E-state index in [9.17, 15) is 0 Å². The van der Waals surface area contributed by atoms with E-state index in [1.54, 1.807) is 19.0 Å². The van der Waals surface area contributed by atoms with Gasteiger partial charge >= 0.3 is 0 Å². The predicted octanol–water partition coefficient (Wildman–Crippen LogP) is 0.729. The van der Waals surface area contributed by atoms with E-state index in [-0.39, 0.29) is 5.96 Å². The average molecular weight is 247 g/mol. The third-order valence-electron chi connectivity index (χ3n) is 2.60. The average Bonchev–Trinajstić information content (AvgIpc) is 2.31. The lowest BCUT2D eigenvalue weighted by Gasteiger charge is -2.09. The van der Waals surface area contributed by atoms with Gasteiger partial charge in [0, 0.05) is 20.6 Å². The number of guanidine groups is 2. The summed E-state index contributed by atoms with van der Waals surface area (Å²) in [7, 11) is 3.61. The van der Waals surface area contributed by atoms with E-state index < -0.39 is 0 Å². The zero-order chi connectivity index (χ0) is 13.5. The van der Waals surface area contributed by atoms with Gasteiger partial charge in [0.15, 0.2) is 5.96 Å². The number of benzene rings is 1. The lowest BCUT2D eigenvalue weighted by atomic mass is 10.1. The lowest BCUT2D eigenvalue weighted by Crippen LogP contribution is -2.32. The van der Waals surface area contributed by atoms with E-state index in [0.717, 1.165) is 6.42 Å². The predicted molar refractivity (Wildman–Crippen MR) is 76.7 cm³/mol. The molecule has 1 rings (SSSR count). The van der Waals surface area contributed by atoms with Crippen molar-refractivity contribution in [3.63, 3.8) is 0 Å². The highest BCUT2D eigenvalue weighted by Crippen LogP contribution is 2.07. The van der Waals surface area contributed by atoms with Crippen molar-refractivity contribution in [2.24, 2.45) is 21.5 Å². The molecular weight excluding hydrogens is 226 g/mol. The van der Waals surface area contributed by atoms with Gasteiger partial charge in [-0.1, -0.05) is 24.3 Å². The van der Waals surface area contributed by atoms with E-state index in [2.05, 4.69) is 29.0 Å². The molecule has 5 nitrogen and oxygen atoms in total. The number of nitrogens with two attached hydrogens (primary N) is 2. The second-order valence-corrected chi connectivity index (χ2v) is 4.28. The molecule has 1 aromatic rings. The van der Waals surface area contributed by atoms with Crippen LogP contribution in [0.1, 0.15) is 11.1 Å². The smallest absolute Gasteiger partial charge is 0.218 e. The van der Waals surface area contributed by atoms with Gasteiger partial charge in [-0.3, -0.25) is 4.99 Å². The highest BCUT2D eigenvalue weighted by molar-refractivity contribution is 5.93. The van der Waals surface area contributed by atoms with Gasteiger partial charge in [0.1, 0.15) is 0 Å². The second kappa shape index (κ2) is 6.64. The third kappa shape index (κ3) is 4.45. The lowest BCUT2D eigenvalue weighted by molar-refractivity contribution is 0.615. The minimum absolute atomic E-state index is 0.217. The SMILES string of the molecule is Cc1ccccc1CCN=C(N)N=C(N)N(C)C. The van der Waals surface area contributed by atoms with E-state index in [1.165, 1.54) is 11.1 Å². The molecule has 0 amide bonds. The summed E-state index contributed by atoms with van der Waals surface area (Å²) in [6.45, 7) is 2.70. The zero-order valence-electron chi connectivity index (χ0n) is 11.2. The normalized spacial score (nSPS) is 12.6. The first-order chi connectivity index (χ1) is 8.50. The topological polar surface area (TPSA) is 80.0 Å². The molecule has 0 spiro atoms. The van der Waals surface area contributed by atoms with Gasteiger partial charge < -0.3 is 16.4 Å². The summed E-state index contributed by atoms with van der Waals surface area (Å²) in [6.07, 6.45) is 0.852. The molecule has 0 aromatic heterocycles. The molecule has 0 aliphatic rings. The van der Waals surface area contributed by atoms with Crippen LogP contribution in [0.3, 0.4) is 0 Å². The molecule has 98 valence electrons. The molecule has 0 atom stereocenters. The van der Waals surface area contributed by atoms with Crippen molar-refractivity contribution in [2.75, 3.05) is 20.6 Å². The van der Waals surface area contributed by atoms with Crippen molar-refractivity contribution < 1.29 is 0 Å². The highest BCUT2D eigenvalue weighted by Gasteiger charge is 1.98. The second-order valence-electron chi connectivity index (χ2n) is 4.28. The van der Waals surface area contributed by atoms with Crippen molar-refractivity contribution in [1.82, 2.24) is 4.90 Å². The Morgan fingerprint density at radius 2 is 1.89 bits per heavy atom. The fourth-order valence-corrected chi connectivity index (χ4v) is 1.43. The maximum atomic E-state index is 5.67. The number of hydrogen-bond acceptors (Lipinski definition) is 1. The van der Waals surface area contributed by atoms with Crippen molar-refractivity contribution in [2.45, 2.75) is 13.3 Å². The zero-order valence-corrected chi connectivity index (χ0v) is 11.2. The summed E-state index contributed by atoms with van der Waals surface area (Å²) in [6, 6.07) is 8.24.